The Morgan fingerprint density at radius 1 is 1.78 bits per heavy atom. The van der Waals surface area contributed by atoms with Crippen LogP contribution >= 0.6 is 0 Å². The van der Waals surface area contributed by atoms with Crippen LogP contribution in [0.25, 0.3) is 0 Å². The third-order valence-electron chi connectivity index (χ3n) is 1.18. The highest BCUT2D eigenvalue weighted by molar-refractivity contribution is 5.25. The molecule has 1 heterocycles. The van der Waals surface area contributed by atoms with Gasteiger partial charge in [-0.1, -0.05) is 6.08 Å². The fraction of sp³-hybridized carbons (Fsp3) is 0.286. The summed E-state index contributed by atoms with van der Waals surface area (Å²) in [4.78, 5) is 1.88. The average Bonchev–Trinajstić information content (AvgIpc) is 1.88. The first-order valence-corrected chi connectivity index (χ1v) is 2.82. The standard InChI is InChI=1S/C7H8N2/c1-9-4-2-3-7(5-8)6-9/h2,4,6H,3H2,1H3. The van der Waals surface area contributed by atoms with Gasteiger partial charge in [-0.2, -0.15) is 5.26 Å². The van der Waals surface area contributed by atoms with E-state index in [0.29, 0.717) is 0 Å². The van der Waals surface area contributed by atoms with E-state index in [-0.39, 0.29) is 0 Å². The molecule has 0 aromatic carbocycles. The maximum Gasteiger partial charge on any atom is 0.0965 e. The van der Waals surface area contributed by atoms with E-state index < -0.39 is 0 Å². The highest BCUT2D eigenvalue weighted by Gasteiger charge is 1.97. The third-order valence-corrected chi connectivity index (χ3v) is 1.18. The number of rotatable bonds is 0. The first-order chi connectivity index (χ1) is 4.33. The molecule has 0 fully saturated rings. The summed E-state index contributed by atoms with van der Waals surface area (Å²) in [5.41, 5.74) is 0.819. The maximum atomic E-state index is 8.43. The van der Waals surface area contributed by atoms with Gasteiger partial charge in [-0.25, -0.2) is 0 Å². The Balaban J connectivity index is 2.69. The molecular weight excluding hydrogens is 112 g/mol. The lowest BCUT2D eigenvalue weighted by Crippen LogP contribution is -2.04. The Hall–Kier alpha value is -1.23. The van der Waals surface area contributed by atoms with Crippen molar-refractivity contribution in [2.75, 3.05) is 7.05 Å². The van der Waals surface area contributed by atoms with E-state index in [1.165, 1.54) is 0 Å². The van der Waals surface area contributed by atoms with Gasteiger partial charge in [-0.05, 0) is 6.20 Å². The van der Waals surface area contributed by atoms with Crippen LogP contribution in [-0.4, -0.2) is 11.9 Å². The zero-order chi connectivity index (χ0) is 6.69. The molecule has 46 valence electrons. The van der Waals surface area contributed by atoms with Crippen molar-refractivity contribution < 1.29 is 0 Å². The number of allylic oxidation sites excluding steroid dienone is 2. The van der Waals surface area contributed by atoms with Crippen molar-refractivity contribution in [3.8, 4) is 6.07 Å². The molecule has 0 saturated carbocycles. The zero-order valence-corrected chi connectivity index (χ0v) is 5.33. The summed E-state index contributed by atoms with van der Waals surface area (Å²) in [5, 5.41) is 8.43. The third kappa shape index (κ3) is 1.33. The van der Waals surface area contributed by atoms with Crippen LogP contribution in [0, 0.1) is 11.3 Å². The first-order valence-electron chi connectivity index (χ1n) is 2.82. The van der Waals surface area contributed by atoms with Crippen LogP contribution in [0.4, 0.5) is 0 Å². The van der Waals surface area contributed by atoms with Gasteiger partial charge >= 0.3 is 0 Å². The second-order valence-electron chi connectivity index (χ2n) is 2.02. The minimum Gasteiger partial charge on any atom is -0.357 e. The summed E-state index contributed by atoms with van der Waals surface area (Å²) in [5.74, 6) is 0. The van der Waals surface area contributed by atoms with Gasteiger partial charge in [0.2, 0.25) is 0 Å². The molecule has 0 aromatic heterocycles. The van der Waals surface area contributed by atoms with Crippen LogP contribution in [0.2, 0.25) is 0 Å². The molecule has 0 radical (unpaired) electrons. The molecule has 0 aromatic rings. The molecule has 2 nitrogen and oxygen atoms in total. The average molecular weight is 120 g/mol. The van der Waals surface area contributed by atoms with Gasteiger partial charge in [0.1, 0.15) is 0 Å². The van der Waals surface area contributed by atoms with E-state index in [0.717, 1.165) is 12.0 Å². The lowest BCUT2D eigenvalue weighted by molar-refractivity contribution is 0.607. The molecule has 0 N–H and O–H groups in total. The molecule has 0 spiro atoms. The number of hydrogen-bond donors (Lipinski definition) is 0. The maximum absolute atomic E-state index is 8.43. The van der Waals surface area contributed by atoms with E-state index in [1.54, 1.807) is 0 Å². The van der Waals surface area contributed by atoms with Gasteiger partial charge in [0.15, 0.2) is 0 Å². The first kappa shape index (κ1) is 5.90. The lowest BCUT2D eigenvalue weighted by Gasteiger charge is -2.11. The predicted molar refractivity (Wildman–Crippen MR) is 35.2 cm³/mol. The molecule has 0 bridgehead atoms. The highest BCUT2D eigenvalue weighted by atomic mass is 15.0. The summed E-state index contributed by atoms with van der Waals surface area (Å²) in [6, 6.07) is 2.10. The van der Waals surface area contributed by atoms with Crippen molar-refractivity contribution in [1.29, 1.82) is 5.26 Å². The Labute approximate surface area is 54.7 Å². The molecule has 1 aliphatic heterocycles. The van der Waals surface area contributed by atoms with Crippen molar-refractivity contribution in [2.24, 2.45) is 0 Å². The van der Waals surface area contributed by atoms with Crippen LogP contribution in [0.15, 0.2) is 24.0 Å². The van der Waals surface area contributed by atoms with Crippen molar-refractivity contribution in [1.82, 2.24) is 4.90 Å². The Morgan fingerprint density at radius 2 is 2.56 bits per heavy atom. The smallest absolute Gasteiger partial charge is 0.0965 e. The molecule has 1 aliphatic rings. The number of nitrogens with zero attached hydrogens (tertiary/aromatic N) is 2. The molecule has 0 aliphatic carbocycles. The second-order valence-corrected chi connectivity index (χ2v) is 2.02. The van der Waals surface area contributed by atoms with Gasteiger partial charge in [0, 0.05) is 25.2 Å². The topological polar surface area (TPSA) is 27.0 Å². The van der Waals surface area contributed by atoms with E-state index >= 15 is 0 Å². The predicted octanol–water partition coefficient (Wildman–Crippen LogP) is 1.24. The monoisotopic (exact) mass is 120 g/mol. The molecule has 9 heavy (non-hydrogen) atoms. The minimum absolute atomic E-state index is 0.779. The van der Waals surface area contributed by atoms with Gasteiger partial charge in [0.05, 0.1) is 6.07 Å². The van der Waals surface area contributed by atoms with Gasteiger partial charge in [-0.15, -0.1) is 0 Å². The van der Waals surface area contributed by atoms with Gasteiger partial charge in [0.25, 0.3) is 0 Å². The Kier molecular flexibility index (Phi) is 1.55. The fourth-order valence-electron chi connectivity index (χ4n) is 0.762. The largest absolute Gasteiger partial charge is 0.357 e. The van der Waals surface area contributed by atoms with Crippen LogP contribution < -0.4 is 0 Å². The van der Waals surface area contributed by atoms with Gasteiger partial charge < -0.3 is 4.90 Å². The molecule has 0 unspecified atom stereocenters. The normalized spacial score (nSPS) is 16.9. The molecule has 0 saturated heterocycles. The van der Waals surface area contributed by atoms with Crippen LogP contribution in [0.1, 0.15) is 6.42 Å². The van der Waals surface area contributed by atoms with Crippen molar-refractivity contribution >= 4 is 0 Å². The highest BCUT2D eigenvalue weighted by Crippen LogP contribution is 2.07. The molecule has 0 atom stereocenters. The molecular formula is C7H8N2. The Bertz CT molecular complexity index is 195. The van der Waals surface area contributed by atoms with E-state index in [9.17, 15) is 0 Å². The second kappa shape index (κ2) is 2.36. The summed E-state index contributed by atoms with van der Waals surface area (Å²) in [7, 11) is 1.91. The molecule has 1 rings (SSSR count). The van der Waals surface area contributed by atoms with Crippen LogP contribution in [0.3, 0.4) is 0 Å². The summed E-state index contributed by atoms with van der Waals surface area (Å²) in [6.07, 6.45) is 6.53. The van der Waals surface area contributed by atoms with Crippen molar-refractivity contribution in [2.45, 2.75) is 6.42 Å². The fourth-order valence-corrected chi connectivity index (χ4v) is 0.762. The van der Waals surface area contributed by atoms with Crippen LogP contribution in [0.5, 0.6) is 0 Å². The summed E-state index contributed by atoms with van der Waals surface area (Å²) in [6.45, 7) is 0. The summed E-state index contributed by atoms with van der Waals surface area (Å²) < 4.78 is 0. The molecule has 2 heteroatoms. The van der Waals surface area contributed by atoms with Gasteiger partial charge in [-0.3, -0.25) is 0 Å². The summed E-state index contributed by atoms with van der Waals surface area (Å²) >= 11 is 0. The minimum atomic E-state index is 0.779. The Morgan fingerprint density at radius 3 is 3.00 bits per heavy atom. The SMILES string of the molecule is CN1C=CCC(C#N)=C1. The zero-order valence-electron chi connectivity index (χ0n) is 5.33. The van der Waals surface area contributed by atoms with Crippen molar-refractivity contribution in [3.63, 3.8) is 0 Å². The van der Waals surface area contributed by atoms with E-state index in [1.807, 2.05) is 30.4 Å². The molecule has 0 amide bonds. The lowest BCUT2D eigenvalue weighted by atomic mass is 10.2. The van der Waals surface area contributed by atoms with Crippen LogP contribution in [-0.2, 0) is 0 Å². The van der Waals surface area contributed by atoms with Crippen molar-refractivity contribution in [3.05, 3.63) is 24.0 Å². The quantitative estimate of drug-likeness (QED) is 0.481. The van der Waals surface area contributed by atoms with E-state index in [4.69, 9.17) is 5.26 Å². The number of nitriles is 1. The van der Waals surface area contributed by atoms with E-state index in [2.05, 4.69) is 6.07 Å². The number of hydrogen-bond acceptors (Lipinski definition) is 2.